The fraction of sp³-hybridized carbons (Fsp3) is 0.438. The van der Waals surface area contributed by atoms with Gasteiger partial charge in [-0.15, -0.1) is 0 Å². The summed E-state index contributed by atoms with van der Waals surface area (Å²) < 4.78 is 11.1. The summed E-state index contributed by atoms with van der Waals surface area (Å²) in [7, 11) is 1.69. The van der Waals surface area contributed by atoms with E-state index in [1.54, 1.807) is 7.11 Å². The largest absolute Gasteiger partial charge is 0.496 e. The van der Waals surface area contributed by atoms with Gasteiger partial charge in [0, 0.05) is 30.1 Å². The van der Waals surface area contributed by atoms with E-state index in [1.165, 1.54) is 12.8 Å². The Morgan fingerprint density at radius 3 is 3.05 bits per heavy atom. The lowest BCUT2D eigenvalue weighted by Crippen LogP contribution is -2.27. The predicted octanol–water partition coefficient (Wildman–Crippen LogP) is 3.22. The molecule has 0 amide bonds. The molecule has 0 bridgehead atoms. The topological polar surface area (TPSA) is 43.4 Å². The number of ether oxygens (including phenoxy) is 2. The Kier molecular flexibility index (Phi) is 4.02. The maximum absolute atomic E-state index is 5.74. The molecule has 0 spiro atoms. The van der Waals surface area contributed by atoms with Crippen LogP contribution in [0.3, 0.4) is 0 Å². The van der Waals surface area contributed by atoms with Crippen LogP contribution in [0.15, 0.2) is 30.5 Å². The third-order valence-electron chi connectivity index (χ3n) is 3.76. The number of nitrogens with one attached hydrogen (secondary N) is 1. The molecular formula is C16H20N2O2. The summed E-state index contributed by atoms with van der Waals surface area (Å²) in [6.07, 6.45) is 5.67. The summed E-state index contributed by atoms with van der Waals surface area (Å²) in [6.45, 7) is 1.69. The average Bonchev–Trinajstić information content (AvgIpc) is 2.53. The number of anilines is 1. The van der Waals surface area contributed by atoms with Crippen LogP contribution in [0.5, 0.6) is 5.75 Å². The van der Waals surface area contributed by atoms with E-state index in [-0.39, 0.29) is 0 Å². The lowest BCUT2D eigenvalue weighted by Gasteiger charge is -2.23. The first-order chi connectivity index (χ1) is 9.88. The van der Waals surface area contributed by atoms with Crippen molar-refractivity contribution in [3.63, 3.8) is 0 Å². The lowest BCUT2D eigenvalue weighted by atomic mass is 10.1. The number of hydrogen-bond donors (Lipinski definition) is 1. The SMILES string of the molecule is COc1cccc2c(NCC3CCCCO3)nccc12. The van der Waals surface area contributed by atoms with Crippen LogP contribution in [0.2, 0.25) is 0 Å². The maximum atomic E-state index is 5.74. The molecule has 1 unspecified atom stereocenters. The maximum Gasteiger partial charge on any atom is 0.134 e. The highest BCUT2D eigenvalue weighted by Crippen LogP contribution is 2.29. The molecule has 0 aliphatic carbocycles. The van der Waals surface area contributed by atoms with Gasteiger partial charge in [-0.05, 0) is 31.4 Å². The number of fused-ring (bicyclic) bond motifs is 1. The van der Waals surface area contributed by atoms with E-state index in [0.717, 1.165) is 41.9 Å². The summed E-state index contributed by atoms with van der Waals surface area (Å²) in [4.78, 5) is 4.44. The number of hydrogen-bond acceptors (Lipinski definition) is 4. The highest BCUT2D eigenvalue weighted by Gasteiger charge is 2.14. The zero-order chi connectivity index (χ0) is 13.8. The van der Waals surface area contributed by atoms with E-state index >= 15 is 0 Å². The first-order valence-electron chi connectivity index (χ1n) is 7.15. The fourth-order valence-electron chi connectivity index (χ4n) is 2.68. The number of aromatic nitrogens is 1. The van der Waals surface area contributed by atoms with Gasteiger partial charge < -0.3 is 14.8 Å². The molecule has 1 aliphatic heterocycles. The van der Waals surface area contributed by atoms with Crippen LogP contribution >= 0.6 is 0 Å². The van der Waals surface area contributed by atoms with Crippen molar-refractivity contribution in [3.8, 4) is 5.75 Å². The Bertz CT molecular complexity index is 580. The van der Waals surface area contributed by atoms with Gasteiger partial charge in [0.2, 0.25) is 0 Å². The molecular weight excluding hydrogens is 252 g/mol. The first kappa shape index (κ1) is 13.2. The van der Waals surface area contributed by atoms with Gasteiger partial charge in [0.05, 0.1) is 13.2 Å². The summed E-state index contributed by atoms with van der Waals surface area (Å²) in [5.74, 6) is 1.78. The average molecular weight is 272 g/mol. The summed E-state index contributed by atoms with van der Waals surface area (Å²) >= 11 is 0. The van der Waals surface area contributed by atoms with E-state index in [4.69, 9.17) is 9.47 Å². The van der Waals surface area contributed by atoms with Crippen LogP contribution in [0.4, 0.5) is 5.82 Å². The number of methoxy groups -OCH3 is 1. The van der Waals surface area contributed by atoms with E-state index in [0.29, 0.717) is 6.10 Å². The minimum Gasteiger partial charge on any atom is -0.496 e. The van der Waals surface area contributed by atoms with Gasteiger partial charge in [0.15, 0.2) is 0 Å². The number of pyridine rings is 1. The van der Waals surface area contributed by atoms with Crippen molar-refractivity contribution >= 4 is 16.6 Å². The smallest absolute Gasteiger partial charge is 0.134 e. The monoisotopic (exact) mass is 272 g/mol. The Labute approximate surface area is 119 Å². The molecule has 1 aromatic carbocycles. The van der Waals surface area contributed by atoms with Crippen molar-refractivity contribution in [1.29, 1.82) is 0 Å². The lowest BCUT2D eigenvalue weighted by molar-refractivity contribution is 0.0247. The molecule has 1 fully saturated rings. The van der Waals surface area contributed by atoms with Gasteiger partial charge in [-0.25, -0.2) is 4.98 Å². The fourth-order valence-corrected chi connectivity index (χ4v) is 2.68. The van der Waals surface area contributed by atoms with Gasteiger partial charge >= 0.3 is 0 Å². The number of rotatable bonds is 4. The normalized spacial score (nSPS) is 18.9. The highest BCUT2D eigenvalue weighted by atomic mass is 16.5. The first-order valence-corrected chi connectivity index (χ1v) is 7.15. The van der Waals surface area contributed by atoms with Crippen molar-refractivity contribution < 1.29 is 9.47 Å². The predicted molar refractivity (Wildman–Crippen MR) is 80.4 cm³/mol. The highest BCUT2D eigenvalue weighted by molar-refractivity contribution is 5.95. The van der Waals surface area contributed by atoms with E-state index in [2.05, 4.69) is 16.4 Å². The number of nitrogens with zero attached hydrogens (tertiary/aromatic N) is 1. The van der Waals surface area contributed by atoms with Crippen LogP contribution in [-0.4, -0.2) is 31.3 Å². The molecule has 1 atom stereocenters. The molecule has 3 rings (SSSR count). The minimum absolute atomic E-state index is 0.298. The molecule has 1 aliphatic rings. The molecule has 4 heteroatoms. The zero-order valence-electron chi connectivity index (χ0n) is 11.8. The van der Waals surface area contributed by atoms with Gasteiger partial charge in [0.1, 0.15) is 11.6 Å². The molecule has 4 nitrogen and oxygen atoms in total. The van der Waals surface area contributed by atoms with Crippen molar-refractivity contribution in [2.24, 2.45) is 0 Å². The summed E-state index contributed by atoms with van der Waals surface area (Å²) in [5, 5.41) is 5.58. The van der Waals surface area contributed by atoms with E-state index < -0.39 is 0 Å². The molecule has 2 heterocycles. The molecule has 20 heavy (non-hydrogen) atoms. The molecule has 1 saturated heterocycles. The Morgan fingerprint density at radius 2 is 2.25 bits per heavy atom. The molecule has 1 N–H and O–H groups in total. The van der Waals surface area contributed by atoms with Crippen LogP contribution in [0.25, 0.3) is 10.8 Å². The summed E-state index contributed by atoms with van der Waals surface area (Å²) in [5.41, 5.74) is 0. The van der Waals surface area contributed by atoms with Crippen molar-refractivity contribution in [2.45, 2.75) is 25.4 Å². The van der Waals surface area contributed by atoms with Crippen LogP contribution in [0, 0.1) is 0 Å². The molecule has 0 saturated carbocycles. The molecule has 1 aromatic heterocycles. The van der Waals surface area contributed by atoms with Gasteiger partial charge in [-0.3, -0.25) is 0 Å². The van der Waals surface area contributed by atoms with E-state index in [9.17, 15) is 0 Å². The van der Waals surface area contributed by atoms with E-state index in [1.807, 2.05) is 24.4 Å². The van der Waals surface area contributed by atoms with Crippen LogP contribution in [0.1, 0.15) is 19.3 Å². The van der Waals surface area contributed by atoms with Crippen molar-refractivity contribution in [2.75, 3.05) is 25.6 Å². The number of benzene rings is 1. The third kappa shape index (κ3) is 2.70. The Balaban J connectivity index is 1.80. The quantitative estimate of drug-likeness (QED) is 0.928. The van der Waals surface area contributed by atoms with Gasteiger partial charge in [0.25, 0.3) is 0 Å². The molecule has 2 aromatic rings. The summed E-state index contributed by atoms with van der Waals surface area (Å²) in [6, 6.07) is 8.01. The zero-order valence-corrected chi connectivity index (χ0v) is 11.8. The second kappa shape index (κ2) is 6.09. The van der Waals surface area contributed by atoms with Gasteiger partial charge in [-0.1, -0.05) is 12.1 Å². The second-order valence-electron chi connectivity index (χ2n) is 5.08. The van der Waals surface area contributed by atoms with Crippen LogP contribution in [-0.2, 0) is 4.74 Å². The standard InChI is InChI=1S/C16H20N2O2/c1-19-15-7-4-6-14-13(15)8-9-17-16(14)18-11-12-5-2-3-10-20-12/h4,6-9,12H,2-3,5,10-11H2,1H3,(H,17,18). The molecule has 0 radical (unpaired) electrons. The minimum atomic E-state index is 0.298. The van der Waals surface area contributed by atoms with Gasteiger partial charge in [-0.2, -0.15) is 0 Å². The third-order valence-corrected chi connectivity index (χ3v) is 3.76. The molecule has 106 valence electrons. The Hall–Kier alpha value is -1.81. The van der Waals surface area contributed by atoms with Crippen molar-refractivity contribution in [3.05, 3.63) is 30.5 Å². The van der Waals surface area contributed by atoms with Crippen molar-refractivity contribution in [1.82, 2.24) is 4.98 Å². The second-order valence-corrected chi connectivity index (χ2v) is 5.08. The Morgan fingerprint density at radius 1 is 1.30 bits per heavy atom. The van der Waals surface area contributed by atoms with Crippen LogP contribution < -0.4 is 10.1 Å².